The molecule has 1 unspecified atom stereocenters. The number of benzene rings is 1. The van der Waals surface area contributed by atoms with Crippen LogP contribution in [-0.4, -0.2) is 51.4 Å². The number of nitrogens with zero attached hydrogens (tertiary/aromatic N) is 5. The van der Waals surface area contributed by atoms with Crippen molar-refractivity contribution in [2.45, 2.75) is 39.7 Å². The normalized spacial score (nSPS) is 11.8. The zero-order valence-electron chi connectivity index (χ0n) is 18.8. The van der Waals surface area contributed by atoms with Crippen LogP contribution in [0, 0.1) is 11.3 Å². The number of fused-ring (bicyclic) bond motifs is 1. The van der Waals surface area contributed by atoms with Crippen LogP contribution in [0.5, 0.6) is 0 Å². The average Bonchev–Trinajstić information content (AvgIpc) is 2.82. The van der Waals surface area contributed by atoms with Gasteiger partial charge in [-0.15, -0.1) is 0 Å². The molecule has 32 heavy (non-hydrogen) atoms. The first-order valence-electron chi connectivity index (χ1n) is 10.9. The fourth-order valence-electron chi connectivity index (χ4n) is 3.54. The molecule has 2 heterocycles. The molecule has 0 fully saturated rings. The summed E-state index contributed by atoms with van der Waals surface area (Å²) < 4.78 is 0. The van der Waals surface area contributed by atoms with E-state index in [1.54, 1.807) is 30.6 Å². The minimum Gasteiger partial charge on any atom is -0.366 e. The number of anilines is 2. The van der Waals surface area contributed by atoms with Crippen LogP contribution in [0.2, 0.25) is 0 Å². The van der Waals surface area contributed by atoms with Gasteiger partial charge in [-0.25, -0.2) is 9.97 Å². The van der Waals surface area contributed by atoms with Gasteiger partial charge >= 0.3 is 0 Å². The molecule has 0 saturated heterocycles. The maximum Gasteiger partial charge on any atom is 0.275 e. The molecular formula is C24H29N7O. The van der Waals surface area contributed by atoms with E-state index >= 15 is 0 Å². The van der Waals surface area contributed by atoms with Crippen molar-refractivity contribution in [1.82, 2.24) is 19.9 Å². The van der Waals surface area contributed by atoms with Gasteiger partial charge in [0.25, 0.3) is 5.91 Å². The number of amides is 1. The van der Waals surface area contributed by atoms with E-state index in [0.717, 1.165) is 37.9 Å². The molecule has 1 amide bonds. The number of hydrogen-bond donors (Lipinski definition) is 2. The molecule has 0 aliphatic rings. The number of hydrogen-bond acceptors (Lipinski definition) is 7. The molecule has 1 atom stereocenters. The van der Waals surface area contributed by atoms with Crippen molar-refractivity contribution in [1.29, 1.82) is 5.26 Å². The third-order valence-electron chi connectivity index (χ3n) is 5.37. The van der Waals surface area contributed by atoms with E-state index in [1.807, 2.05) is 6.07 Å². The maximum atomic E-state index is 12.7. The summed E-state index contributed by atoms with van der Waals surface area (Å²) in [6, 6.07) is 9.35. The summed E-state index contributed by atoms with van der Waals surface area (Å²) in [7, 11) is 0. The molecular weight excluding hydrogens is 402 g/mol. The van der Waals surface area contributed by atoms with E-state index in [-0.39, 0.29) is 11.7 Å². The third kappa shape index (κ3) is 5.99. The first-order chi connectivity index (χ1) is 15.5. The monoisotopic (exact) mass is 431 g/mol. The lowest BCUT2D eigenvalue weighted by atomic mass is 10.1. The lowest BCUT2D eigenvalue weighted by Crippen LogP contribution is -2.25. The minimum atomic E-state index is -0.404. The van der Waals surface area contributed by atoms with Crippen LogP contribution in [0.3, 0.4) is 0 Å². The smallest absolute Gasteiger partial charge is 0.275 e. The van der Waals surface area contributed by atoms with Crippen LogP contribution in [0.4, 0.5) is 11.5 Å². The van der Waals surface area contributed by atoms with Gasteiger partial charge < -0.3 is 15.5 Å². The van der Waals surface area contributed by atoms with Crippen LogP contribution < -0.4 is 10.6 Å². The molecule has 3 aromatic rings. The van der Waals surface area contributed by atoms with E-state index in [0.29, 0.717) is 22.6 Å². The Morgan fingerprint density at radius 2 is 2.00 bits per heavy atom. The van der Waals surface area contributed by atoms with Crippen molar-refractivity contribution < 1.29 is 4.79 Å². The first-order valence-corrected chi connectivity index (χ1v) is 10.9. The second-order valence-corrected chi connectivity index (χ2v) is 7.67. The maximum absolute atomic E-state index is 12.7. The van der Waals surface area contributed by atoms with Gasteiger partial charge in [0.2, 0.25) is 0 Å². The Hall–Kier alpha value is -3.57. The quantitative estimate of drug-likeness (QED) is 0.498. The van der Waals surface area contributed by atoms with Crippen molar-refractivity contribution >= 4 is 28.3 Å². The van der Waals surface area contributed by atoms with Gasteiger partial charge in [-0.2, -0.15) is 5.26 Å². The highest BCUT2D eigenvalue weighted by molar-refractivity contribution is 6.07. The Kier molecular flexibility index (Phi) is 8.06. The minimum absolute atomic E-state index is 0.191. The second-order valence-electron chi connectivity index (χ2n) is 7.67. The van der Waals surface area contributed by atoms with Crippen molar-refractivity contribution in [3.63, 3.8) is 0 Å². The second kappa shape index (κ2) is 11.2. The van der Waals surface area contributed by atoms with Crippen molar-refractivity contribution in [3.05, 3.63) is 54.1 Å². The van der Waals surface area contributed by atoms with Gasteiger partial charge in [-0.1, -0.05) is 19.9 Å². The largest absolute Gasteiger partial charge is 0.366 e. The molecule has 2 N–H and O–H groups in total. The highest BCUT2D eigenvalue weighted by Crippen LogP contribution is 2.23. The van der Waals surface area contributed by atoms with E-state index in [2.05, 4.69) is 57.3 Å². The lowest BCUT2D eigenvalue weighted by Gasteiger charge is -2.20. The molecule has 0 spiro atoms. The number of rotatable bonds is 10. The summed E-state index contributed by atoms with van der Waals surface area (Å²) in [5.41, 5.74) is 1.72. The predicted octanol–water partition coefficient (Wildman–Crippen LogP) is 4.07. The van der Waals surface area contributed by atoms with Gasteiger partial charge in [-0.05, 0) is 57.6 Å². The fraction of sp³-hybridized carbons (Fsp3) is 0.375. The summed E-state index contributed by atoms with van der Waals surface area (Å²) in [6.07, 6.45) is 6.79. The number of carbonyl (C=O) groups excluding carboxylic acids is 1. The zero-order chi connectivity index (χ0) is 22.9. The molecule has 0 aliphatic heterocycles. The van der Waals surface area contributed by atoms with E-state index < -0.39 is 5.91 Å². The summed E-state index contributed by atoms with van der Waals surface area (Å²) in [5, 5.41) is 16.2. The van der Waals surface area contributed by atoms with Gasteiger partial charge in [0.05, 0.1) is 35.2 Å². The van der Waals surface area contributed by atoms with E-state index in [4.69, 9.17) is 0 Å². The van der Waals surface area contributed by atoms with E-state index in [9.17, 15) is 10.1 Å². The van der Waals surface area contributed by atoms with Crippen LogP contribution in [0.1, 0.15) is 49.7 Å². The molecule has 3 rings (SSSR count). The van der Waals surface area contributed by atoms with Crippen LogP contribution in [0.15, 0.2) is 42.9 Å². The Balaban J connectivity index is 1.61. The molecule has 8 heteroatoms. The molecule has 0 radical (unpaired) electrons. The molecule has 1 aromatic carbocycles. The highest BCUT2D eigenvalue weighted by atomic mass is 16.1. The fourth-order valence-corrected chi connectivity index (χ4v) is 3.54. The number of pyridine rings is 1. The summed E-state index contributed by atoms with van der Waals surface area (Å²) in [4.78, 5) is 28.0. The van der Waals surface area contributed by atoms with Gasteiger partial charge in [-0.3, -0.25) is 9.78 Å². The Morgan fingerprint density at radius 1 is 1.19 bits per heavy atom. The van der Waals surface area contributed by atoms with Gasteiger partial charge in [0.1, 0.15) is 11.5 Å². The Morgan fingerprint density at radius 3 is 2.69 bits per heavy atom. The van der Waals surface area contributed by atoms with Gasteiger partial charge in [0.15, 0.2) is 0 Å². The number of nitrogens with one attached hydrogen (secondary N) is 2. The molecule has 0 aliphatic carbocycles. The summed E-state index contributed by atoms with van der Waals surface area (Å²) >= 11 is 0. The molecule has 0 saturated carbocycles. The lowest BCUT2D eigenvalue weighted by molar-refractivity contribution is 0.102. The molecule has 166 valence electrons. The van der Waals surface area contributed by atoms with Crippen molar-refractivity contribution in [2.24, 2.45) is 0 Å². The van der Waals surface area contributed by atoms with Crippen molar-refractivity contribution in [2.75, 3.05) is 30.3 Å². The summed E-state index contributed by atoms with van der Waals surface area (Å²) in [5.74, 6) is 0.230. The number of carbonyl (C=O) groups is 1. The SMILES string of the molecule is CCN(CC)CCCC(C)Nc1cnc(C(=O)Nc2cc(C#N)cc3cccnc23)cn1. The summed E-state index contributed by atoms with van der Waals surface area (Å²) in [6.45, 7) is 9.69. The predicted molar refractivity (Wildman–Crippen MR) is 127 cm³/mol. The molecule has 0 bridgehead atoms. The Bertz CT molecular complexity index is 1090. The van der Waals surface area contributed by atoms with E-state index in [1.165, 1.54) is 6.20 Å². The molecule has 2 aromatic heterocycles. The molecule has 8 nitrogen and oxygen atoms in total. The van der Waals surface area contributed by atoms with Crippen LogP contribution in [0.25, 0.3) is 10.9 Å². The standard InChI is InChI=1S/C24H29N7O/c1-4-31(5-2)11-7-8-17(3)29-22-16-27-21(15-28-22)24(32)30-20-13-18(14-25)12-19-9-6-10-26-23(19)20/h6,9-10,12-13,15-17H,4-5,7-8,11H2,1-3H3,(H,28,29)(H,30,32). The van der Waals surface area contributed by atoms with Crippen LogP contribution in [-0.2, 0) is 0 Å². The van der Waals surface area contributed by atoms with Crippen molar-refractivity contribution in [3.8, 4) is 6.07 Å². The Labute approximate surface area is 188 Å². The third-order valence-corrected chi connectivity index (χ3v) is 5.37. The number of aromatic nitrogens is 3. The number of nitriles is 1. The topological polar surface area (TPSA) is 107 Å². The highest BCUT2D eigenvalue weighted by Gasteiger charge is 2.13. The average molecular weight is 432 g/mol. The van der Waals surface area contributed by atoms with Gasteiger partial charge in [0, 0.05) is 17.6 Å². The zero-order valence-corrected chi connectivity index (χ0v) is 18.8. The first kappa shape index (κ1) is 23.1. The van der Waals surface area contributed by atoms with Crippen LogP contribution >= 0.6 is 0 Å².